The smallest absolute Gasteiger partial charge is 0.112 e. The fraction of sp³-hybridized carbons (Fsp3) is 1.00. The second-order valence-corrected chi connectivity index (χ2v) is 2.89. The topological polar surface area (TPSA) is 240 Å². The maximum Gasteiger partial charge on any atom is 0.112 e. The van der Waals surface area contributed by atoms with Crippen LogP contribution in [0, 0.1) is 15.3 Å². The van der Waals surface area contributed by atoms with Gasteiger partial charge in [0.2, 0.25) is 0 Å². The summed E-state index contributed by atoms with van der Waals surface area (Å²) in [5.74, 6) is 0. The van der Waals surface area contributed by atoms with Gasteiger partial charge in [-0.25, -0.2) is 0 Å². The molecule has 0 unspecified atom stereocenters. The van der Waals surface area contributed by atoms with Crippen LogP contribution >= 0.6 is 0 Å². The zero-order valence-electron chi connectivity index (χ0n) is 9.03. The largest absolute Gasteiger partial charge is 0.356 e. The summed E-state index contributed by atoms with van der Waals surface area (Å²) in [6.07, 6.45) is 0. The minimum absolute atomic E-state index is 0.0154. The lowest BCUT2D eigenvalue weighted by Crippen LogP contribution is -2.77. The lowest BCUT2D eigenvalue weighted by atomic mass is 10.0. The molecule has 0 aliphatic heterocycles. The van der Waals surface area contributed by atoms with E-state index in [2.05, 4.69) is 35.8 Å². The van der Waals surface area contributed by atoms with Crippen LogP contribution in [0.25, 0.3) is 31.3 Å². The fourth-order valence-electron chi connectivity index (χ4n) is 0.695. The van der Waals surface area contributed by atoms with E-state index in [0.717, 1.165) is 0 Å². The molecule has 0 aromatic rings. The zero-order valence-corrected chi connectivity index (χ0v) is 9.03. The summed E-state index contributed by atoms with van der Waals surface area (Å²) in [6.45, 7) is 0.0462. The molecule has 3 N–H and O–H groups in total. The molecule has 0 aliphatic rings. The third-order valence-corrected chi connectivity index (χ3v) is 1.41. The molecule has 98 valence electrons. The number of hydrogen-bond acceptors (Lipinski definition) is 6. The highest BCUT2D eigenvalue weighted by Gasteiger charge is 2.26. The first-order chi connectivity index (χ1) is 8.41. The molecule has 0 fully saturated rings. The molecule has 0 radical (unpaired) electrons. The summed E-state index contributed by atoms with van der Waals surface area (Å²) < 4.78 is 0. The molecule has 0 saturated carbocycles. The first-order valence-electron chi connectivity index (χ1n) is 4.11. The zero-order chi connectivity index (χ0) is 14.4. The van der Waals surface area contributed by atoms with Crippen molar-refractivity contribution in [3.8, 4) is 0 Å². The van der Waals surface area contributed by atoms with Gasteiger partial charge in [-0.05, 0) is 16.6 Å². The fourth-order valence-corrected chi connectivity index (χ4v) is 0.695. The minimum atomic E-state index is -1.75. The van der Waals surface area contributed by atoms with Gasteiger partial charge in [-0.15, -0.1) is 0 Å². The summed E-state index contributed by atoms with van der Waals surface area (Å²) in [7, 11) is 0. The third-order valence-electron chi connectivity index (χ3n) is 1.41. The molecular weight excluding hydrogens is 250 g/mol. The summed E-state index contributed by atoms with van der Waals surface area (Å²) in [5, 5.41) is 24.7. The maximum atomic E-state index is 8.25. The lowest BCUT2D eigenvalue weighted by molar-refractivity contribution is -0.465. The number of quaternary nitrogens is 1. The monoisotopic (exact) mass is 259 g/mol. The van der Waals surface area contributed by atoms with Gasteiger partial charge in [-0.3, -0.25) is 0 Å². The Bertz CT molecular complexity index is 346. The van der Waals surface area contributed by atoms with E-state index in [1.165, 1.54) is 0 Å². The van der Waals surface area contributed by atoms with Crippen LogP contribution < -0.4 is 5.73 Å². The van der Waals surface area contributed by atoms with Crippen LogP contribution in [0.15, 0.2) is 15.3 Å². The normalized spacial score (nSPS) is 11.2. The van der Waals surface area contributed by atoms with Crippen molar-refractivity contribution in [1.82, 2.24) is 0 Å². The molecule has 0 saturated heterocycles. The number of azide groups is 3. The SMILES string of the molecule is O=[N+]([O-])[O-].[N-]=[N+]=NCC([NH3+])(CN=[N+]=[N-])CN=[N+]=[N-]. The summed E-state index contributed by atoms with van der Waals surface area (Å²) in [5.41, 5.74) is 27.1. The van der Waals surface area contributed by atoms with Crippen LogP contribution in [-0.4, -0.2) is 30.3 Å². The van der Waals surface area contributed by atoms with Crippen molar-refractivity contribution in [3.05, 3.63) is 46.7 Å². The van der Waals surface area contributed by atoms with E-state index in [1.807, 2.05) is 0 Å². The van der Waals surface area contributed by atoms with Crippen molar-refractivity contribution < 1.29 is 10.8 Å². The summed E-state index contributed by atoms with van der Waals surface area (Å²) in [6, 6.07) is 0. The second-order valence-electron chi connectivity index (χ2n) is 2.89. The van der Waals surface area contributed by atoms with Crippen molar-refractivity contribution in [3.63, 3.8) is 0 Å². The van der Waals surface area contributed by atoms with Crippen LogP contribution in [0.5, 0.6) is 0 Å². The molecule has 0 aromatic heterocycles. The third kappa shape index (κ3) is 13.1. The van der Waals surface area contributed by atoms with Gasteiger partial charge in [0.1, 0.15) is 5.54 Å². The van der Waals surface area contributed by atoms with Gasteiger partial charge >= 0.3 is 0 Å². The van der Waals surface area contributed by atoms with E-state index in [4.69, 9.17) is 31.9 Å². The summed E-state index contributed by atoms with van der Waals surface area (Å²) in [4.78, 5) is 15.9. The molecule has 0 aliphatic carbocycles. The predicted molar refractivity (Wildman–Crippen MR) is 58.0 cm³/mol. The van der Waals surface area contributed by atoms with Crippen LogP contribution in [0.1, 0.15) is 0 Å². The van der Waals surface area contributed by atoms with Gasteiger partial charge in [0.05, 0.1) is 24.7 Å². The van der Waals surface area contributed by atoms with E-state index in [1.54, 1.807) is 0 Å². The van der Waals surface area contributed by atoms with E-state index in [-0.39, 0.29) is 19.6 Å². The Morgan fingerprint density at radius 3 is 1.39 bits per heavy atom. The molecule has 18 heavy (non-hydrogen) atoms. The molecule has 0 aromatic carbocycles. The van der Waals surface area contributed by atoms with E-state index in [0.29, 0.717) is 0 Å². The van der Waals surface area contributed by atoms with Crippen LogP contribution in [0.4, 0.5) is 0 Å². The van der Waals surface area contributed by atoms with Gasteiger partial charge in [0.25, 0.3) is 0 Å². The van der Waals surface area contributed by atoms with Crippen LogP contribution in [-0.2, 0) is 0 Å². The average molecular weight is 259 g/mol. The maximum absolute atomic E-state index is 8.25. The van der Waals surface area contributed by atoms with Gasteiger partial charge in [-0.2, -0.15) is 0 Å². The van der Waals surface area contributed by atoms with Crippen LogP contribution in [0.2, 0.25) is 0 Å². The Morgan fingerprint density at radius 2 is 1.22 bits per heavy atom. The second kappa shape index (κ2) is 10.6. The minimum Gasteiger partial charge on any atom is -0.356 e. The standard InChI is InChI=1S/C4H8N10.NO3/c5-4(1-9-12-6,2-10-13-7)3-11-14-8;2-1(3)4/h1-3,5H2;/q;-1/p+1. The number of rotatable bonds is 6. The quantitative estimate of drug-likeness (QED) is 0.237. The Hall–Kier alpha value is -2.91. The van der Waals surface area contributed by atoms with Crippen molar-refractivity contribution >= 4 is 0 Å². The van der Waals surface area contributed by atoms with Gasteiger partial charge in [0.15, 0.2) is 0 Å². The number of nitrogens with zero attached hydrogens (tertiary/aromatic N) is 10. The molecule has 0 spiro atoms. The summed E-state index contributed by atoms with van der Waals surface area (Å²) >= 11 is 0. The predicted octanol–water partition coefficient (Wildman–Crippen LogP) is 0.659. The molecule has 0 amide bonds. The Labute approximate surface area is 99.0 Å². The van der Waals surface area contributed by atoms with Gasteiger partial charge in [-0.1, -0.05) is 15.3 Å². The number of hydrogen-bond donors (Lipinski definition) is 1. The molecule has 0 bridgehead atoms. The van der Waals surface area contributed by atoms with Gasteiger partial charge < -0.3 is 21.1 Å². The Kier molecular flexibility index (Phi) is 10.3. The highest BCUT2D eigenvalue weighted by Crippen LogP contribution is 2.01. The Morgan fingerprint density at radius 1 is 1.00 bits per heavy atom. The van der Waals surface area contributed by atoms with Crippen molar-refractivity contribution in [1.29, 1.82) is 0 Å². The molecule has 0 heterocycles. The molecule has 14 heteroatoms. The van der Waals surface area contributed by atoms with Gasteiger partial charge in [0, 0.05) is 14.7 Å². The van der Waals surface area contributed by atoms with E-state index >= 15 is 0 Å². The van der Waals surface area contributed by atoms with E-state index in [9.17, 15) is 0 Å². The molecular formula is C4H9N11O3. The average Bonchev–Trinajstić information content (AvgIpc) is 2.31. The van der Waals surface area contributed by atoms with E-state index < -0.39 is 10.6 Å². The first-order valence-corrected chi connectivity index (χ1v) is 4.11. The first kappa shape index (κ1) is 17.5. The van der Waals surface area contributed by atoms with Crippen LogP contribution in [0.3, 0.4) is 0 Å². The molecule has 14 nitrogen and oxygen atoms in total. The van der Waals surface area contributed by atoms with Crippen molar-refractivity contribution in [2.24, 2.45) is 15.3 Å². The highest BCUT2D eigenvalue weighted by atomic mass is 16.9. The highest BCUT2D eigenvalue weighted by molar-refractivity contribution is 4.84. The molecule has 0 rings (SSSR count). The van der Waals surface area contributed by atoms with Crippen molar-refractivity contribution in [2.75, 3.05) is 19.6 Å². The lowest BCUT2D eigenvalue weighted by Gasteiger charge is -2.18. The molecule has 0 atom stereocenters. The van der Waals surface area contributed by atoms with Crippen molar-refractivity contribution in [2.45, 2.75) is 5.54 Å². The Balaban J connectivity index is 0.